The van der Waals surface area contributed by atoms with Crippen LogP contribution in [0.25, 0.3) is 0 Å². The quantitative estimate of drug-likeness (QED) is 0.732. The van der Waals surface area contributed by atoms with Crippen LogP contribution in [0.4, 0.5) is 22.0 Å². The fourth-order valence-electron chi connectivity index (χ4n) is 2.08. The van der Waals surface area contributed by atoms with Gasteiger partial charge in [-0.15, -0.1) is 0 Å². The average molecular weight is 323 g/mol. The SMILES string of the molecule is O=S(=O)(CCC[C@@H]1CCCN1)CCC(F)(F)C(F)(F)F. The van der Waals surface area contributed by atoms with Gasteiger partial charge in [0.15, 0.2) is 9.84 Å². The van der Waals surface area contributed by atoms with Gasteiger partial charge in [-0.05, 0) is 32.2 Å². The van der Waals surface area contributed by atoms with E-state index >= 15 is 0 Å². The van der Waals surface area contributed by atoms with Crippen LogP contribution in [0.1, 0.15) is 32.1 Å². The van der Waals surface area contributed by atoms with Gasteiger partial charge in [0.05, 0.1) is 11.5 Å². The molecule has 0 unspecified atom stereocenters. The largest absolute Gasteiger partial charge is 0.453 e. The predicted octanol–water partition coefficient (Wildman–Crippen LogP) is 2.52. The highest BCUT2D eigenvalue weighted by molar-refractivity contribution is 7.91. The van der Waals surface area contributed by atoms with E-state index in [1.54, 1.807) is 0 Å². The van der Waals surface area contributed by atoms with E-state index in [9.17, 15) is 30.4 Å². The number of alkyl halides is 5. The molecule has 9 heteroatoms. The summed E-state index contributed by atoms with van der Waals surface area (Å²) in [4.78, 5) is 0. The lowest BCUT2D eigenvalue weighted by Gasteiger charge is -2.19. The number of rotatable bonds is 7. The zero-order chi connectivity index (χ0) is 15.4. The normalized spacial score (nSPS) is 21.4. The lowest BCUT2D eigenvalue weighted by Crippen LogP contribution is -2.38. The van der Waals surface area contributed by atoms with Crippen molar-refractivity contribution >= 4 is 9.84 Å². The Labute approximate surface area is 114 Å². The molecule has 1 heterocycles. The minimum absolute atomic E-state index is 0.224. The third kappa shape index (κ3) is 5.51. The standard InChI is InChI=1S/C11H18F5NO2S/c12-10(13,11(14,15)16)5-8-20(18,19)7-2-4-9-3-1-6-17-9/h9,17H,1-8H2/t9-/m0/s1. The Morgan fingerprint density at radius 1 is 1.10 bits per heavy atom. The molecule has 0 aromatic heterocycles. The number of halogens is 5. The summed E-state index contributed by atoms with van der Waals surface area (Å²) in [5.74, 6) is -6.44. The predicted molar refractivity (Wildman–Crippen MR) is 64.5 cm³/mol. The Balaban J connectivity index is 2.34. The van der Waals surface area contributed by atoms with Gasteiger partial charge in [-0.1, -0.05) is 0 Å². The van der Waals surface area contributed by atoms with Gasteiger partial charge in [-0.25, -0.2) is 8.42 Å². The third-order valence-electron chi connectivity index (χ3n) is 3.31. The first-order valence-electron chi connectivity index (χ1n) is 6.42. The van der Waals surface area contributed by atoms with E-state index in [0.717, 1.165) is 19.4 Å². The molecule has 1 aliphatic heterocycles. The van der Waals surface area contributed by atoms with Gasteiger partial charge in [0, 0.05) is 12.5 Å². The van der Waals surface area contributed by atoms with E-state index in [-0.39, 0.29) is 18.2 Å². The van der Waals surface area contributed by atoms with Gasteiger partial charge in [0.25, 0.3) is 0 Å². The van der Waals surface area contributed by atoms with E-state index < -0.39 is 34.1 Å². The van der Waals surface area contributed by atoms with E-state index in [0.29, 0.717) is 6.42 Å². The first-order chi connectivity index (χ1) is 9.04. The van der Waals surface area contributed by atoms with Crippen LogP contribution in [0.15, 0.2) is 0 Å². The molecule has 0 aromatic carbocycles. The van der Waals surface area contributed by atoms with E-state index in [2.05, 4.69) is 5.32 Å². The molecule has 0 aromatic rings. The van der Waals surface area contributed by atoms with Crippen molar-refractivity contribution < 1.29 is 30.4 Å². The second-order valence-electron chi connectivity index (χ2n) is 5.04. The molecule has 0 amide bonds. The fourth-order valence-corrected chi connectivity index (χ4v) is 3.46. The second-order valence-corrected chi connectivity index (χ2v) is 7.34. The van der Waals surface area contributed by atoms with Crippen LogP contribution in [0.5, 0.6) is 0 Å². The van der Waals surface area contributed by atoms with Crippen molar-refractivity contribution in [2.45, 2.75) is 50.2 Å². The molecule has 1 aliphatic rings. The molecular formula is C11H18F5NO2S. The van der Waals surface area contributed by atoms with Crippen LogP contribution in [-0.4, -0.2) is 44.6 Å². The smallest absolute Gasteiger partial charge is 0.314 e. The zero-order valence-corrected chi connectivity index (χ0v) is 11.7. The average Bonchev–Trinajstić information content (AvgIpc) is 2.78. The van der Waals surface area contributed by atoms with Crippen LogP contribution >= 0.6 is 0 Å². The van der Waals surface area contributed by atoms with Crippen molar-refractivity contribution in [2.24, 2.45) is 0 Å². The van der Waals surface area contributed by atoms with Crippen molar-refractivity contribution in [3.05, 3.63) is 0 Å². The fraction of sp³-hybridized carbons (Fsp3) is 1.00. The lowest BCUT2D eigenvalue weighted by atomic mass is 10.1. The molecule has 0 saturated carbocycles. The summed E-state index contributed by atoms with van der Waals surface area (Å²) >= 11 is 0. The van der Waals surface area contributed by atoms with Crippen molar-refractivity contribution in [3.63, 3.8) is 0 Å². The highest BCUT2D eigenvalue weighted by atomic mass is 32.2. The van der Waals surface area contributed by atoms with Crippen molar-refractivity contribution in [2.75, 3.05) is 18.1 Å². The monoisotopic (exact) mass is 323 g/mol. The maximum Gasteiger partial charge on any atom is 0.453 e. The van der Waals surface area contributed by atoms with Gasteiger partial charge >= 0.3 is 12.1 Å². The molecule has 1 saturated heterocycles. The van der Waals surface area contributed by atoms with E-state index in [4.69, 9.17) is 0 Å². The van der Waals surface area contributed by atoms with Crippen molar-refractivity contribution in [1.82, 2.24) is 5.32 Å². The minimum atomic E-state index is -5.70. The molecule has 120 valence electrons. The van der Waals surface area contributed by atoms with Gasteiger partial charge in [-0.2, -0.15) is 22.0 Å². The zero-order valence-electron chi connectivity index (χ0n) is 10.8. The van der Waals surface area contributed by atoms with Crippen molar-refractivity contribution in [3.8, 4) is 0 Å². The summed E-state index contributed by atoms with van der Waals surface area (Å²) in [5.41, 5.74) is 0. The Bertz CT molecular complexity index is 402. The first kappa shape index (κ1) is 17.6. The molecule has 20 heavy (non-hydrogen) atoms. The molecule has 0 radical (unpaired) electrons. The number of nitrogens with one attached hydrogen (secondary N) is 1. The molecule has 0 spiro atoms. The number of sulfone groups is 1. The lowest BCUT2D eigenvalue weighted by molar-refractivity contribution is -0.282. The summed E-state index contributed by atoms with van der Waals surface area (Å²) in [6.45, 7) is 0.870. The third-order valence-corrected chi connectivity index (χ3v) is 5.05. The Morgan fingerprint density at radius 2 is 1.75 bits per heavy atom. The maximum absolute atomic E-state index is 12.6. The second kappa shape index (κ2) is 6.55. The summed E-state index contributed by atoms with van der Waals surface area (Å²) in [5, 5.41) is 3.16. The summed E-state index contributed by atoms with van der Waals surface area (Å²) in [7, 11) is -3.87. The van der Waals surface area contributed by atoms with Crippen LogP contribution < -0.4 is 5.32 Å². The van der Waals surface area contributed by atoms with Crippen LogP contribution in [0, 0.1) is 0 Å². The van der Waals surface area contributed by atoms with Crippen LogP contribution in [0.3, 0.4) is 0 Å². The van der Waals surface area contributed by atoms with Gasteiger partial charge in [-0.3, -0.25) is 0 Å². The van der Waals surface area contributed by atoms with Gasteiger partial charge < -0.3 is 5.32 Å². The van der Waals surface area contributed by atoms with E-state index in [1.165, 1.54) is 0 Å². The van der Waals surface area contributed by atoms with Crippen LogP contribution in [0.2, 0.25) is 0 Å². The van der Waals surface area contributed by atoms with Gasteiger partial charge in [0.1, 0.15) is 0 Å². The molecule has 0 bridgehead atoms. The first-order valence-corrected chi connectivity index (χ1v) is 8.24. The Kier molecular flexibility index (Phi) is 5.77. The van der Waals surface area contributed by atoms with Crippen LogP contribution in [-0.2, 0) is 9.84 Å². The maximum atomic E-state index is 12.6. The highest BCUT2D eigenvalue weighted by Gasteiger charge is 2.57. The summed E-state index contributed by atoms with van der Waals surface area (Å²) < 4.78 is 83.9. The molecular weight excluding hydrogens is 305 g/mol. The Morgan fingerprint density at radius 3 is 2.25 bits per heavy atom. The summed E-state index contributed by atoms with van der Waals surface area (Å²) in [6.07, 6.45) is -4.59. The molecule has 1 rings (SSSR count). The molecule has 1 N–H and O–H groups in total. The number of hydrogen-bond donors (Lipinski definition) is 1. The molecule has 3 nitrogen and oxygen atoms in total. The van der Waals surface area contributed by atoms with Gasteiger partial charge in [0.2, 0.25) is 0 Å². The molecule has 0 aliphatic carbocycles. The molecule has 1 fully saturated rings. The van der Waals surface area contributed by atoms with E-state index in [1.807, 2.05) is 0 Å². The topological polar surface area (TPSA) is 46.2 Å². The molecule has 1 atom stereocenters. The number of hydrogen-bond acceptors (Lipinski definition) is 3. The highest BCUT2D eigenvalue weighted by Crippen LogP contribution is 2.38. The summed E-state index contributed by atoms with van der Waals surface area (Å²) in [6, 6.07) is 0.224. The van der Waals surface area contributed by atoms with Crippen molar-refractivity contribution in [1.29, 1.82) is 0 Å². The Hall–Kier alpha value is -0.440. The minimum Gasteiger partial charge on any atom is -0.314 e.